The molecular formula is C13H27ClO4. The van der Waals surface area contributed by atoms with E-state index in [4.69, 9.17) is 30.5 Å². The molecule has 0 aliphatic rings. The fourth-order valence-electron chi connectivity index (χ4n) is 1.27. The third-order valence-electron chi connectivity index (χ3n) is 2.23. The van der Waals surface area contributed by atoms with Gasteiger partial charge in [-0.2, -0.15) is 0 Å². The lowest BCUT2D eigenvalue weighted by Gasteiger charge is -2.06. The van der Waals surface area contributed by atoms with Crippen molar-refractivity contribution in [2.24, 2.45) is 0 Å². The Bertz CT molecular complexity index is 131. The van der Waals surface area contributed by atoms with Gasteiger partial charge in [0.25, 0.3) is 0 Å². The van der Waals surface area contributed by atoms with E-state index >= 15 is 0 Å². The molecule has 0 saturated carbocycles. The molecule has 110 valence electrons. The van der Waals surface area contributed by atoms with Crippen LogP contribution < -0.4 is 0 Å². The van der Waals surface area contributed by atoms with E-state index in [9.17, 15) is 0 Å². The third-order valence-corrected chi connectivity index (χ3v) is 2.38. The SMILES string of the molecule is CCCCCOCCOCCOCCOCCCl. The van der Waals surface area contributed by atoms with E-state index < -0.39 is 0 Å². The number of alkyl halides is 1. The fraction of sp³-hybridized carbons (Fsp3) is 1.00. The monoisotopic (exact) mass is 282 g/mol. The summed E-state index contributed by atoms with van der Waals surface area (Å²) in [5.41, 5.74) is 0. The molecule has 0 heterocycles. The molecule has 0 aromatic heterocycles. The molecule has 0 N–H and O–H groups in total. The topological polar surface area (TPSA) is 36.9 Å². The second-order valence-corrected chi connectivity index (χ2v) is 4.22. The van der Waals surface area contributed by atoms with Crippen molar-refractivity contribution in [2.45, 2.75) is 26.2 Å². The van der Waals surface area contributed by atoms with E-state index in [0.29, 0.717) is 52.1 Å². The van der Waals surface area contributed by atoms with Gasteiger partial charge in [0, 0.05) is 12.5 Å². The maximum atomic E-state index is 5.45. The lowest BCUT2D eigenvalue weighted by Crippen LogP contribution is -2.12. The first kappa shape index (κ1) is 18.1. The zero-order valence-electron chi connectivity index (χ0n) is 11.5. The molecule has 0 radical (unpaired) electrons. The Morgan fingerprint density at radius 3 is 1.50 bits per heavy atom. The van der Waals surface area contributed by atoms with Crippen LogP contribution in [0.4, 0.5) is 0 Å². The first-order valence-electron chi connectivity index (χ1n) is 6.78. The van der Waals surface area contributed by atoms with Crippen molar-refractivity contribution >= 4 is 11.6 Å². The minimum Gasteiger partial charge on any atom is -0.379 e. The van der Waals surface area contributed by atoms with Crippen LogP contribution in [-0.2, 0) is 18.9 Å². The molecule has 0 atom stereocenters. The fourth-order valence-corrected chi connectivity index (χ4v) is 1.38. The highest BCUT2D eigenvalue weighted by molar-refractivity contribution is 6.17. The standard InChI is InChI=1S/C13H27ClO4/c1-2-3-4-6-15-8-10-17-12-13-18-11-9-16-7-5-14/h2-13H2,1H3. The van der Waals surface area contributed by atoms with E-state index in [2.05, 4.69) is 6.92 Å². The first-order chi connectivity index (χ1) is 8.91. The average Bonchev–Trinajstić information content (AvgIpc) is 2.39. The minimum absolute atomic E-state index is 0.529. The Morgan fingerprint density at radius 1 is 0.611 bits per heavy atom. The van der Waals surface area contributed by atoms with Crippen LogP contribution in [-0.4, -0.2) is 58.7 Å². The molecule has 0 bridgehead atoms. The quantitative estimate of drug-likeness (QED) is 0.342. The maximum absolute atomic E-state index is 5.45. The van der Waals surface area contributed by atoms with Crippen LogP contribution in [0.15, 0.2) is 0 Å². The Labute approximate surface area is 116 Å². The van der Waals surface area contributed by atoms with Crippen molar-refractivity contribution < 1.29 is 18.9 Å². The highest BCUT2D eigenvalue weighted by Gasteiger charge is 1.92. The Morgan fingerprint density at radius 2 is 1.06 bits per heavy atom. The van der Waals surface area contributed by atoms with Gasteiger partial charge in [0.05, 0.1) is 46.2 Å². The zero-order chi connectivity index (χ0) is 13.3. The van der Waals surface area contributed by atoms with Gasteiger partial charge in [0.15, 0.2) is 0 Å². The Kier molecular flexibility index (Phi) is 17.3. The molecule has 0 saturated heterocycles. The van der Waals surface area contributed by atoms with Crippen molar-refractivity contribution in [1.29, 1.82) is 0 Å². The summed E-state index contributed by atoms with van der Waals surface area (Å²) >= 11 is 5.45. The number of halogens is 1. The van der Waals surface area contributed by atoms with Crippen LogP contribution in [0.2, 0.25) is 0 Å². The van der Waals surface area contributed by atoms with Gasteiger partial charge in [-0.3, -0.25) is 0 Å². The Balaban J connectivity index is 2.86. The van der Waals surface area contributed by atoms with Gasteiger partial charge in [0.2, 0.25) is 0 Å². The number of hydrogen-bond acceptors (Lipinski definition) is 4. The van der Waals surface area contributed by atoms with Crippen LogP contribution in [0.3, 0.4) is 0 Å². The molecule has 0 spiro atoms. The zero-order valence-corrected chi connectivity index (χ0v) is 12.3. The van der Waals surface area contributed by atoms with Gasteiger partial charge < -0.3 is 18.9 Å². The molecule has 0 rings (SSSR count). The molecule has 0 aromatic rings. The van der Waals surface area contributed by atoms with Gasteiger partial charge in [-0.05, 0) is 6.42 Å². The molecule has 18 heavy (non-hydrogen) atoms. The molecular weight excluding hydrogens is 256 g/mol. The number of ether oxygens (including phenoxy) is 4. The molecule has 0 aliphatic heterocycles. The highest BCUT2D eigenvalue weighted by atomic mass is 35.5. The lowest BCUT2D eigenvalue weighted by atomic mass is 10.3. The smallest absolute Gasteiger partial charge is 0.0701 e. The van der Waals surface area contributed by atoms with Crippen molar-refractivity contribution in [1.82, 2.24) is 0 Å². The number of hydrogen-bond donors (Lipinski definition) is 0. The molecule has 0 fully saturated rings. The number of unbranched alkanes of at least 4 members (excludes halogenated alkanes) is 2. The summed E-state index contributed by atoms with van der Waals surface area (Å²) in [6.45, 7) is 7.29. The highest BCUT2D eigenvalue weighted by Crippen LogP contribution is 1.93. The van der Waals surface area contributed by atoms with Crippen LogP contribution >= 0.6 is 11.6 Å². The average molecular weight is 283 g/mol. The summed E-state index contributed by atoms with van der Waals surface area (Å²) in [6, 6.07) is 0. The summed E-state index contributed by atoms with van der Waals surface area (Å²) in [4.78, 5) is 0. The molecule has 4 nitrogen and oxygen atoms in total. The molecule has 0 amide bonds. The summed E-state index contributed by atoms with van der Waals surface area (Å²) in [5, 5.41) is 0. The van der Waals surface area contributed by atoms with Crippen LogP contribution in [0, 0.1) is 0 Å². The van der Waals surface area contributed by atoms with Gasteiger partial charge in [0.1, 0.15) is 0 Å². The van der Waals surface area contributed by atoms with E-state index in [1.54, 1.807) is 0 Å². The summed E-state index contributed by atoms with van der Waals surface area (Å²) in [7, 11) is 0. The van der Waals surface area contributed by atoms with Gasteiger partial charge in [-0.1, -0.05) is 19.8 Å². The van der Waals surface area contributed by atoms with Gasteiger partial charge in [-0.25, -0.2) is 0 Å². The van der Waals surface area contributed by atoms with Crippen LogP contribution in [0.1, 0.15) is 26.2 Å². The molecule has 0 unspecified atom stereocenters. The second-order valence-electron chi connectivity index (χ2n) is 3.85. The summed E-state index contributed by atoms with van der Waals surface area (Å²) in [5.74, 6) is 0.529. The van der Waals surface area contributed by atoms with Crippen molar-refractivity contribution in [3.63, 3.8) is 0 Å². The second kappa shape index (κ2) is 17.1. The predicted octanol–water partition coefficient (Wildman–Crippen LogP) is 2.48. The molecule has 5 heteroatoms. The molecule has 0 aromatic carbocycles. The van der Waals surface area contributed by atoms with Crippen molar-refractivity contribution in [3.8, 4) is 0 Å². The normalized spacial score (nSPS) is 11.0. The summed E-state index contributed by atoms with van der Waals surface area (Å²) in [6.07, 6.45) is 3.61. The predicted molar refractivity (Wildman–Crippen MR) is 73.5 cm³/mol. The van der Waals surface area contributed by atoms with E-state index in [-0.39, 0.29) is 0 Å². The lowest BCUT2D eigenvalue weighted by molar-refractivity contribution is -0.000633. The molecule has 0 aliphatic carbocycles. The van der Waals surface area contributed by atoms with Gasteiger partial charge >= 0.3 is 0 Å². The largest absolute Gasteiger partial charge is 0.379 e. The third kappa shape index (κ3) is 16.1. The Hall–Kier alpha value is 0.130. The van der Waals surface area contributed by atoms with Gasteiger partial charge in [-0.15, -0.1) is 11.6 Å². The first-order valence-corrected chi connectivity index (χ1v) is 7.32. The summed E-state index contributed by atoms with van der Waals surface area (Å²) < 4.78 is 21.2. The van der Waals surface area contributed by atoms with E-state index in [0.717, 1.165) is 13.0 Å². The van der Waals surface area contributed by atoms with Crippen molar-refractivity contribution in [3.05, 3.63) is 0 Å². The van der Waals surface area contributed by atoms with E-state index in [1.165, 1.54) is 12.8 Å². The van der Waals surface area contributed by atoms with Crippen LogP contribution in [0.5, 0.6) is 0 Å². The minimum atomic E-state index is 0.529. The van der Waals surface area contributed by atoms with E-state index in [1.807, 2.05) is 0 Å². The van der Waals surface area contributed by atoms with Crippen molar-refractivity contribution in [2.75, 3.05) is 58.7 Å². The maximum Gasteiger partial charge on any atom is 0.0701 e. The van der Waals surface area contributed by atoms with Crippen LogP contribution in [0.25, 0.3) is 0 Å². The number of rotatable bonds is 15.